The Bertz CT molecular complexity index is 537. The normalized spacial score (nSPS) is 18.6. The zero-order chi connectivity index (χ0) is 17.6. The lowest BCUT2D eigenvalue weighted by atomic mass is 10.0. The van der Waals surface area contributed by atoms with Crippen molar-refractivity contribution in [1.82, 2.24) is 19.8 Å². The van der Waals surface area contributed by atoms with Crippen LogP contribution in [0.25, 0.3) is 0 Å². The molecule has 0 radical (unpaired) electrons. The van der Waals surface area contributed by atoms with Gasteiger partial charge in [-0.25, -0.2) is 4.98 Å². The van der Waals surface area contributed by atoms with E-state index in [1.807, 2.05) is 0 Å². The zero-order valence-electron chi connectivity index (χ0n) is 14.0. The summed E-state index contributed by atoms with van der Waals surface area (Å²) in [6, 6.07) is 0.108. The van der Waals surface area contributed by atoms with E-state index in [1.165, 1.54) is 12.4 Å². The second-order valence-electron chi connectivity index (χ2n) is 6.05. The van der Waals surface area contributed by atoms with E-state index in [-0.39, 0.29) is 30.8 Å². The van der Waals surface area contributed by atoms with E-state index in [0.717, 1.165) is 30.4 Å². The first-order valence-electron chi connectivity index (χ1n) is 8.16. The smallest absolute Gasteiger partial charge is 0.354 e. The summed E-state index contributed by atoms with van der Waals surface area (Å²) in [6.07, 6.45) is 1.70. The van der Waals surface area contributed by atoms with E-state index >= 15 is 0 Å². The minimum atomic E-state index is -4.27. The lowest BCUT2D eigenvalue weighted by Crippen LogP contribution is -2.46. The third-order valence-electron chi connectivity index (χ3n) is 4.15. The van der Waals surface area contributed by atoms with Gasteiger partial charge in [0, 0.05) is 37.9 Å². The maximum Gasteiger partial charge on any atom is 0.406 e. The highest BCUT2D eigenvalue weighted by atomic mass is 35.5. The lowest BCUT2D eigenvalue weighted by Gasteiger charge is -2.35. The maximum absolute atomic E-state index is 12.6. The van der Waals surface area contributed by atoms with Gasteiger partial charge in [-0.3, -0.25) is 9.69 Å². The second kappa shape index (κ2) is 9.98. The summed E-state index contributed by atoms with van der Waals surface area (Å²) < 4.78 is 39.0. The Morgan fingerprint density at radius 1 is 1.40 bits per heavy atom. The van der Waals surface area contributed by atoms with Gasteiger partial charge in [0.2, 0.25) is 5.91 Å². The molecule has 1 aliphatic heterocycles. The van der Waals surface area contributed by atoms with Gasteiger partial charge in [-0.2, -0.15) is 13.2 Å². The Kier molecular flexibility index (Phi) is 8.67. The number of nitrogens with two attached hydrogens (primary N) is 1. The first kappa shape index (κ1) is 21.7. The van der Waals surface area contributed by atoms with Crippen LogP contribution in [0.5, 0.6) is 0 Å². The fourth-order valence-corrected chi connectivity index (χ4v) is 2.96. The van der Waals surface area contributed by atoms with Gasteiger partial charge in [-0.15, -0.1) is 12.4 Å². The van der Waals surface area contributed by atoms with Gasteiger partial charge in [0.15, 0.2) is 0 Å². The molecular formula is C15H25ClF3N5O. The minimum Gasteiger partial charge on any atom is -0.354 e. The number of likely N-dealkylation sites (tertiary alicyclic amines) is 1. The highest BCUT2D eigenvalue weighted by molar-refractivity contribution is 5.85. The number of aromatic nitrogens is 2. The Hall–Kier alpha value is -1.32. The Labute approximate surface area is 151 Å². The predicted octanol–water partition coefficient (Wildman–Crippen LogP) is 1.69. The molecule has 3 N–H and O–H groups in total. The van der Waals surface area contributed by atoms with Crippen molar-refractivity contribution in [3.8, 4) is 0 Å². The number of nitrogens with zero attached hydrogens (tertiary/aromatic N) is 3. The highest BCUT2D eigenvalue weighted by Crippen LogP contribution is 2.21. The van der Waals surface area contributed by atoms with Gasteiger partial charge in [-0.05, 0) is 19.4 Å². The highest BCUT2D eigenvalue weighted by Gasteiger charge is 2.30. The number of nitrogens with one attached hydrogen (secondary N) is 1. The SMILES string of the molecule is Cl.NCCC(=O)NCC1CCCCN1Cc1nccn1CC(F)(F)F. The van der Waals surface area contributed by atoms with E-state index < -0.39 is 12.7 Å². The molecule has 1 atom stereocenters. The molecule has 1 fully saturated rings. The van der Waals surface area contributed by atoms with Crippen LogP contribution in [-0.2, 0) is 17.9 Å². The maximum atomic E-state index is 12.6. The molecule has 1 saturated heterocycles. The number of rotatable bonds is 7. The molecule has 0 saturated carbocycles. The van der Waals surface area contributed by atoms with Crippen LogP contribution in [0.1, 0.15) is 31.5 Å². The monoisotopic (exact) mass is 383 g/mol. The van der Waals surface area contributed by atoms with Gasteiger partial charge >= 0.3 is 6.18 Å². The van der Waals surface area contributed by atoms with Crippen molar-refractivity contribution in [3.63, 3.8) is 0 Å². The van der Waals surface area contributed by atoms with Crippen LogP contribution in [0.15, 0.2) is 12.4 Å². The van der Waals surface area contributed by atoms with Crippen molar-refractivity contribution >= 4 is 18.3 Å². The quantitative estimate of drug-likeness (QED) is 0.751. The summed E-state index contributed by atoms with van der Waals surface area (Å²) >= 11 is 0. The number of carbonyl (C=O) groups is 1. The largest absolute Gasteiger partial charge is 0.406 e. The molecule has 1 amide bonds. The molecule has 144 valence electrons. The van der Waals surface area contributed by atoms with Crippen molar-refractivity contribution in [1.29, 1.82) is 0 Å². The summed E-state index contributed by atoms with van der Waals surface area (Å²) in [5.41, 5.74) is 5.35. The van der Waals surface area contributed by atoms with Gasteiger partial charge in [0.05, 0.1) is 6.54 Å². The third-order valence-corrected chi connectivity index (χ3v) is 4.15. The molecule has 1 aromatic rings. The first-order valence-corrected chi connectivity index (χ1v) is 8.16. The van der Waals surface area contributed by atoms with E-state index in [0.29, 0.717) is 25.5 Å². The molecule has 0 spiro atoms. The molecule has 1 unspecified atom stereocenters. The topological polar surface area (TPSA) is 76.2 Å². The molecule has 1 aromatic heterocycles. The molecule has 2 heterocycles. The van der Waals surface area contributed by atoms with Crippen LogP contribution in [-0.4, -0.2) is 52.2 Å². The van der Waals surface area contributed by atoms with E-state index in [2.05, 4.69) is 15.2 Å². The Morgan fingerprint density at radius 2 is 2.16 bits per heavy atom. The van der Waals surface area contributed by atoms with Crippen LogP contribution in [0.3, 0.4) is 0 Å². The Balaban J connectivity index is 0.00000312. The molecule has 0 aromatic carbocycles. The summed E-state index contributed by atoms with van der Waals surface area (Å²) in [7, 11) is 0. The Morgan fingerprint density at radius 3 is 2.84 bits per heavy atom. The van der Waals surface area contributed by atoms with Crippen molar-refractivity contribution in [2.75, 3.05) is 19.6 Å². The van der Waals surface area contributed by atoms with Gasteiger partial charge in [-0.1, -0.05) is 6.42 Å². The van der Waals surface area contributed by atoms with Crippen LogP contribution in [0, 0.1) is 0 Å². The molecule has 1 aliphatic rings. The second-order valence-corrected chi connectivity index (χ2v) is 6.05. The number of hydrogen-bond donors (Lipinski definition) is 2. The van der Waals surface area contributed by atoms with Crippen molar-refractivity contribution in [2.24, 2.45) is 5.73 Å². The first-order chi connectivity index (χ1) is 11.4. The molecule has 0 aliphatic carbocycles. The number of amides is 1. The van der Waals surface area contributed by atoms with Crippen molar-refractivity contribution < 1.29 is 18.0 Å². The van der Waals surface area contributed by atoms with Crippen LogP contribution in [0.2, 0.25) is 0 Å². The fraction of sp³-hybridized carbons (Fsp3) is 0.733. The molecule has 2 rings (SSSR count). The van der Waals surface area contributed by atoms with Crippen molar-refractivity contribution in [2.45, 2.75) is 51.0 Å². The summed E-state index contributed by atoms with van der Waals surface area (Å²) in [5.74, 6) is 0.300. The van der Waals surface area contributed by atoms with Gasteiger partial charge in [0.25, 0.3) is 0 Å². The minimum absolute atomic E-state index is 0. The number of alkyl halides is 3. The van der Waals surface area contributed by atoms with E-state index in [1.54, 1.807) is 0 Å². The average Bonchev–Trinajstić information content (AvgIpc) is 2.92. The number of carbonyl (C=O) groups excluding carboxylic acids is 1. The number of halogens is 4. The molecule has 10 heteroatoms. The van der Waals surface area contributed by atoms with Crippen LogP contribution < -0.4 is 11.1 Å². The van der Waals surface area contributed by atoms with Crippen LogP contribution >= 0.6 is 12.4 Å². The average molecular weight is 384 g/mol. The number of hydrogen-bond acceptors (Lipinski definition) is 4. The van der Waals surface area contributed by atoms with Gasteiger partial charge < -0.3 is 15.6 Å². The van der Waals surface area contributed by atoms with Gasteiger partial charge in [0.1, 0.15) is 12.4 Å². The van der Waals surface area contributed by atoms with E-state index in [9.17, 15) is 18.0 Å². The molecule has 0 bridgehead atoms. The summed E-state index contributed by atoms with van der Waals surface area (Å²) in [6.45, 7) is 0.888. The predicted molar refractivity (Wildman–Crippen MR) is 90.3 cm³/mol. The molecular weight excluding hydrogens is 359 g/mol. The summed E-state index contributed by atoms with van der Waals surface area (Å²) in [4.78, 5) is 17.7. The molecule has 25 heavy (non-hydrogen) atoms. The number of imidazole rings is 1. The third kappa shape index (κ3) is 7.21. The zero-order valence-corrected chi connectivity index (χ0v) is 14.8. The fourth-order valence-electron chi connectivity index (χ4n) is 2.96. The molecule has 6 nitrogen and oxygen atoms in total. The van der Waals surface area contributed by atoms with Crippen LogP contribution in [0.4, 0.5) is 13.2 Å². The number of piperidine rings is 1. The standard InChI is InChI=1S/C15H24F3N5O.ClH/c16-15(17,18)11-23-8-6-20-13(23)10-22-7-2-1-3-12(22)9-21-14(24)4-5-19;/h6,8,12H,1-5,7,9-11,19H2,(H,21,24);1H. The summed E-state index contributed by atoms with van der Waals surface area (Å²) in [5, 5.41) is 2.85. The van der Waals surface area contributed by atoms with E-state index in [4.69, 9.17) is 5.73 Å². The van der Waals surface area contributed by atoms with Crippen molar-refractivity contribution in [3.05, 3.63) is 18.2 Å². The lowest BCUT2D eigenvalue weighted by molar-refractivity contribution is -0.141.